The molecule has 1 aliphatic rings. The largest absolute Gasteiger partial charge is 0.481 e. The van der Waals surface area contributed by atoms with Crippen molar-refractivity contribution in [3.8, 4) is 0 Å². The van der Waals surface area contributed by atoms with E-state index in [0.717, 1.165) is 25.7 Å². The fourth-order valence-corrected chi connectivity index (χ4v) is 3.42. The molecule has 0 spiro atoms. The molecule has 3 unspecified atom stereocenters. The number of carboxylic acids is 1. The topological polar surface area (TPSA) is 37.3 Å². The Kier molecular flexibility index (Phi) is 4.62. The van der Waals surface area contributed by atoms with Gasteiger partial charge in [-0.2, -0.15) is 0 Å². The van der Waals surface area contributed by atoms with Crippen LogP contribution in [0.1, 0.15) is 43.7 Å². The highest BCUT2D eigenvalue weighted by molar-refractivity contribution is 5.70. The lowest BCUT2D eigenvalue weighted by Gasteiger charge is -2.33. The molecule has 0 aliphatic heterocycles. The molecule has 0 amide bonds. The van der Waals surface area contributed by atoms with Gasteiger partial charge in [0.25, 0.3) is 0 Å². The van der Waals surface area contributed by atoms with Crippen molar-refractivity contribution < 1.29 is 9.90 Å². The quantitative estimate of drug-likeness (QED) is 0.886. The van der Waals surface area contributed by atoms with Gasteiger partial charge >= 0.3 is 5.97 Å². The Morgan fingerprint density at radius 2 is 2.16 bits per heavy atom. The highest BCUT2D eigenvalue weighted by Crippen LogP contribution is 2.37. The summed E-state index contributed by atoms with van der Waals surface area (Å²) >= 11 is 0. The number of hydrogen-bond acceptors (Lipinski definition) is 1. The van der Waals surface area contributed by atoms with Crippen LogP contribution in [-0.2, 0) is 11.2 Å². The molecule has 1 saturated carbocycles. The molecule has 0 aromatic heterocycles. The van der Waals surface area contributed by atoms with Gasteiger partial charge in [-0.1, -0.05) is 43.2 Å². The Balaban J connectivity index is 2.11. The highest BCUT2D eigenvalue weighted by atomic mass is 16.4. The Morgan fingerprint density at radius 3 is 2.79 bits per heavy atom. The van der Waals surface area contributed by atoms with Gasteiger partial charge in [-0.15, -0.1) is 0 Å². The first-order chi connectivity index (χ1) is 9.10. The molecular weight excluding hydrogens is 236 g/mol. The Hall–Kier alpha value is -1.31. The van der Waals surface area contributed by atoms with Crippen LogP contribution in [0.25, 0.3) is 0 Å². The molecule has 19 heavy (non-hydrogen) atoms. The minimum atomic E-state index is -0.604. The molecule has 3 atom stereocenters. The van der Waals surface area contributed by atoms with E-state index >= 15 is 0 Å². The van der Waals surface area contributed by atoms with Gasteiger partial charge < -0.3 is 5.11 Å². The van der Waals surface area contributed by atoms with E-state index in [9.17, 15) is 9.90 Å². The lowest BCUT2D eigenvalue weighted by atomic mass is 9.71. The first kappa shape index (κ1) is 14.1. The van der Waals surface area contributed by atoms with Crippen LogP contribution in [-0.4, -0.2) is 11.1 Å². The van der Waals surface area contributed by atoms with Crippen molar-refractivity contribution in [1.82, 2.24) is 0 Å². The normalized spacial score (nSPS) is 27.2. The zero-order valence-corrected chi connectivity index (χ0v) is 11.9. The van der Waals surface area contributed by atoms with Gasteiger partial charge in [-0.05, 0) is 50.0 Å². The van der Waals surface area contributed by atoms with Crippen LogP contribution >= 0.6 is 0 Å². The maximum atomic E-state index is 11.4. The number of carboxylic acid groups (broad SMARTS) is 1. The lowest BCUT2D eigenvalue weighted by molar-refractivity contribution is -0.145. The van der Waals surface area contributed by atoms with E-state index in [1.807, 2.05) is 0 Å². The molecule has 1 fully saturated rings. The lowest BCUT2D eigenvalue weighted by Crippen LogP contribution is -2.31. The van der Waals surface area contributed by atoms with Gasteiger partial charge in [0.15, 0.2) is 0 Å². The van der Waals surface area contributed by atoms with Gasteiger partial charge in [0.05, 0.1) is 5.92 Å². The molecule has 0 saturated heterocycles. The fraction of sp³-hybridized carbons (Fsp3) is 0.588. The number of aryl methyl sites for hydroxylation is 1. The molecule has 104 valence electrons. The summed E-state index contributed by atoms with van der Waals surface area (Å²) in [7, 11) is 0. The maximum Gasteiger partial charge on any atom is 0.306 e. The van der Waals surface area contributed by atoms with E-state index < -0.39 is 5.97 Å². The monoisotopic (exact) mass is 260 g/mol. The molecule has 2 nitrogen and oxygen atoms in total. The summed E-state index contributed by atoms with van der Waals surface area (Å²) in [5, 5.41) is 9.40. The smallest absolute Gasteiger partial charge is 0.306 e. The van der Waals surface area contributed by atoms with Gasteiger partial charge in [-0.3, -0.25) is 4.79 Å². The number of benzene rings is 1. The van der Waals surface area contributed by atoms with Crippen molar-refractivity contribution >= 4 is 5.97 Å². The first-order valence-electron chi connectivity index (χ1n) is 7.38. The Labute approximate surface area is 115 Å². The summed E-state index contributed by atoms with van der Waals surface area (Å²) < 4.78 is 0. The van der Waals surface area contributed by atoms with Crippen molar-refractivity contribution in [2.45, 2.75) is 46.0 Å². The molecule has 2 heteroatoms. The summed E-state index contributed by atoms with van der Waals surface area (Å²) in [4.78, 5) is 11.4. The summed E-state index contributed by atoms with van der Waals surface area (Å²) in [5.74, 6) is 0.263. The van der Waals surface area contributed by atoms with Crippen LogP contribution in [0.15, 0.2) is 24.3 Å². The predicted octanol–water partition coefficient (Wildman–Crippen LogP) is 4.06. The van der Waals surface area contributed by atoms with E-state index in [-0.39, 0.29) is 5.92 Å². The van der Waals surface area contributed by atoms with Crippen molar-refractivity contribution in [1.29, 1.82) is 0 Å². The standard InChI is InChI=1S/C17H24O2/c1-3-13-7-8-16(17(18)19)15(10-13)11-14-6-4-5-12(2)9-14/h4-6,9,13,15-16H,3,7-8,10-11H2,1-2H3,(H,18,19). The zero-order chi connectivity index (χ0) is 13.8. The minimum Gasteiger partial charge on any atom is -0.481 e. The second-order valence-corrected chi connectivity index (χ2v) is 5.99. The predicted molar refractivity (Wildman–Crippen MR) is 77.1 cm³/mol. The third-order valence-electron chi connectivity index (χ3n) is 4.57. The van der Waals surface area contributed by atoms with E-state index in [1.54, 1.807) is 0 Å². The van der Waals surface area contributed by atoms with Crippen molar-refractivity contribution in [2.24, 2.45) is 17.8 Å². The van der Waals surface area contributed by atoms with Gasteiger partial charge in [0.2, 0.25) is 0 Å². The van der Waals surface area contributed by atoms with E-state index in [1.165, 1.54) is 17.5 Å². The summed E-state index contributed by atoms with van der Waals surface area (Å²) in [6.07, 6.45) is 5.09. The van der Waals surface area contributed by atoms with Crippen LogP contribution in [0.3, 0.4) is 0 Å². The second-order valence-electron chi connectivity index (χ2n) is 5.99. The molecule has 1 aromatic rings. The van der Waals surface area contributed by atoms with Crippen LogP contribution < -0.4 is 0 Å². The number of carbonyl (C=O) groups is 1. The molecule has 2 rings (SSSR count). The maximum absolute atomic E-state index is 11.4. The molecule has 0 radical (unpaired) electrons. The number of aliphatic carboxylic acids is 1. The Bertz CT molecular complexity index is 439. The zero-order valence-electron chi connectivity index (χ0n) is 11.9. The molecule has 1 aromatic carbocycles. The van der Waals surface area contributed by atoms with E-state index in [0.29, 0.717) is 11.8 Å². The third kappa shape index (κ3) is 3.59. The molecule has 1 N–H and O–H groups in total. The van der Waals surface area contributed by atoms with Crippen LogP contribution in [0.2, 0.25) is 0 Å². The van der Waals surface area contributed by atoms with Crippen LogP contribution in [0.5, 0.6) is 0 Å². The molecular formula is C17H24O2. The second kappa shape index (κ2) is 6.23. The third-order valence-corrected chi connectivity index (χ3v) is 4.57. The molecule has 0 heterocycles. The fourth-order valence-electron chi connectivity index (χ4n) is 3.42. The average molecular weight is 260 g/mol. The van der Waals surface area contributed by atoms with Crippen LogP contribution in [0, 0.1) is 24.7 Å². The van der Waals surface area contributed by atoms with E-state index in [2.05, 4.69) is 38.1 Å². The number of hydrogen-bond donors (Lipinski definition) is 1. The first-order valence-corrected chi connectivity index (χ1v) is 7.38. The van der Waals surface area contributed by atoms with Crippen molar-refractivity contribution in [2.75, 3.05) is 0 Å². The van der Waals surface area contributed by atoms with Gasteiger partial charge in [0.1, 0.15) is 0 Å². The van der Waals surface area contributed by atoms with Gasteiger partial charge in [0, 0.05) is 0 Å². The highest BCUT2D eigenvalue weighted by Gasteiger charge is 2.34. The van der Waals surface area contributed by atoms with Crippen molar-refractivity contribution in [3.05, 3.63) is 35.4 Å². The van der Waals surface area contributed by atoms with Crippen molar-refractivity contribution in [3.63, 3.8) is 0 Å². The number of rotatable bonds is 4. The Morgan fingerprint density at radius 1 is 1.37 bits per heavy atom. The average Bonchev–Trinajstić information content (AvgIpc) is 2.38. The van der Waals surface area contributed by atoms with E-state index in [4.69, 9.17) is 0 Å². The van der Waals surface area contributed by atoms with Crippen LogP contribution in [0.4, 0.5) is 0 Å². The molecule has 1 aliphatic carbocycles. The summed E-state index contributed by atoms with van der Waals surface area (Å²) in [6, 6.07) is 8.48. The van der Waals surface area contributed by atoms with Gasteiger partial charge in [-0.25, -0.2) is 0 Å². The summed E-state index contributed by atoms with van der Waals surface area (Å²) in [5.41, 5.74) is 2.54. The summed E-state index contributed by atoms with van der Waals surface area (Å²) in [6.45, 7) is 4.31. The molecule has 0 bridgehead atoms. The minimum absolute atomic E-state index is 0.150. The SMILES string of the molecule is CCC1CCC(C(=O)O)C(Cc2cccc(C)c2)C1.